The number of anilines is 5. The molecule has 27 heavy (non-hydrogen) atoms. The van der Waals surface area contributed by atoms with E-state index in [2.05, 4.69) is 113 Å². The summed E-state index contributed by atoms with van der Waals surface area (Å²) in [6.45, 7) is 0. The first kappa shape index (κ1) is 16.0. The van der Waals surface area contributed by atoms with Crippen molar-refractivity contribution >= 4 is 40.2 Å². The number of rotatable bonds is 1. The van der Waals surface area contributed by atoms with Gasteiger partial charge in [0.25, 0.3) is 0 Å². The van der Waals surface area contributed by atoms with Crippen molar-refractivity contribution in [2.45, 2.75) is 9.79 Å². The molecule has 2 nitrogen and oxygen atoms in total. The maximum absolute atomic E-state index is 3.59. The minimum atomic E-state index is 1.08. The zero-order chi connectivity index (χ0) is 18.1. The Labute approximate surface area is 163 Å². The van der Waals surface area contributed by atoms with E-state index in [0.29, 0.717) is 0 Å². The Morgan fingerprint density at radius 2 is 1.30 bits per heavy atom. The summed E-state index contributed by atoms with van der Waals surface area (Å²) < 4.78 is 0. The predicted octanol–water partition coefficient (Wildman–Crippen LogP) is 7.36. The van der Waals surface area contributed by atoms with Gasteiger partial charge in [0.05, 0.1) is 11.4 Å². The lowest BCUT2D eigenvalue weighted by Crippen LogP contribution is -2.11. The van der Waals surface area contributed by atoms with Gasteiger partial charge >= 0.3 is 0 Å². The normalized spacial score (nSPS) is 12.5. The van der Waals surface area contributed by atoms with Gasteiger partial charge in [-0.3, -0.25) is 0 Å². The standard InChI is InChI=1S/C24H18N2S/c1-2-10-19(11-3-1)26-20-12-8-9-18(17-20)25-21-13-4-6-15-23(21)27-24-16-7-5-14-22(24)26/h1-17,25H. The first-order chi connectivity index (χ1) is 13.4. The van der Waals surface area contributed by atoms with Gasteiger partial charge in [0.1, 0.15) is 0 Å². The molecule has 0 saturated carbocycles. The molecule has 4 aromatic rings. The topological polar surface area (TPSA) is 15.3 Å². The Kier molecular flexibility index (Phi) is 4.07. The van der Waals surface area contributed by atoms with Crippen molar-refractivity contribution in [2.24, 2.45) is 0 Å². The van der Waals surface area contributed by atoms with Crippen LogP contribution in [0.25, 0.3) is 0 Å². The van der Waals surface area contributed by atoms with E-state index < -0.39 is 0 Å². The van der Waals surface area contributed by atoms with Gasteiger partial charge in [0, 0.05) is 26.9 Å². The lowest BCUT2D eigenvalue weighted by atomic mass is 10.1. The van der Waals surface area contributed by atoms with E-state index in [1.165, 1.54) is 15.5 Å². The Morgan fingerprint density at radius 1 is 0.593 bits per heavy atom. The van der Waals surface area contributed by atoms with Gasteiger partial charge in [0.15, 0.2) is 0 Å². The number of para-hydroxylation sites is 3. The fraction of sp³-hybridized carbons (Fsp3) is 0. The largest absolute Gasteiger partial charge is 0.355 e. The predicted molar refractivity (Wildman–Crippen MR) is 115 cm³/mol. The molecule has 1 aliphatic rings. The molecule has 130 valence electrons. The fourth-order valence-corrected chi connectivity index (χ4v) is 4.41. The second-order valence-corrected chi connectivity index (χ2v) is 7.50. The number of nitrogens with one attached hydrogen (secondary N) is 1. The zero-order valence-electron chi connectivity index (χ0n) is 14.7. The smallest absolute Gasteiger partial charge is 0.0601 e. The van der Waals surface area contributed by atoms with Crippen molar-refractivity contribution in [3.8, 4) is 0 Å². The Morgan fingerprint density at radius 3 is 2.19 bits per heavy atom. The van der Waals surface area contributed by atoms with Crippen LogP contribution in [-0.2, 0) is 0 Å². The van der Waals surface area contributed by atoms with E-state index in [4.69, 9.17) is 0 Å². The molecule has 0 unspecified atom stereocenters. The van der Waals surface area contributed by atoms with Crippen molar-refractivity contribution in [2.75, 3.05) is 10.2 Å². The van der Waals surface area contributed by atoms with Gasteiger partial charge in [-0.15, -0.1) is 0 Å². The SMILES string of the molecule is c1ccc(N2c3cccc(c3)Nc3ccccc3Sc3ccccc32)cc1. The minimum absolute atomic E-state index is 1.08. The van der Waals surface area contributed by atoms with Crippen LogP contribution in [0, 0.1) is 0 Å². The third-order valence-electron chi connectivity index (χ3n) is 4.61. The highest BCUT2D eigenvalue weighted by Crippen LogP contribution is 2.45. The summed E-state index contributed by atoms with van der Waals surface area (Å²) in [6.07, 6.45) is 0. The fourth-order valence-electron chi connectivity index (χ4n) is 3.39. The molecular formula is C24H18N2S. The summed E-state index contributed by atoms with van der Waals surface area (Å²) in [6, 6.07) is 36.2. The summed E-state index contributed by atoms with van der Waals surface area (Å²) in [5.74, 6) is 0. The molecule has 0 fully saturated rings. The number of nitrogens with zero attached hydrogens (tertiary/aromatic N) is 1. The second kappa shape index (κ2) is 6.86. The lowest BCUT2D eigenvalue weighted by Gasteiger charge is -2.29. The number of hydrogen-bond acceptors (Lipinski definition) is 3. The Balaban J connectivity index is 1.78. The molecule has 1 heterocycles. The number of benzene rings is 4. The molecule has 0 amide bonds. The average Bonchev–Trinajstić information content (AvgIpc) is 2.72. The van der Waals surface area contributed by atoms with Crippen LogP contribution in [0.15, 0.2) is 113 Å². The third-order valence-corrected chi connectivity index (χ3v) is 5.75. The van der Waals surface area contributed by atoms with Crippen LogP contribution < -0.4 is 10.2 Å². The summed E-state index contributed by atoms with van der Waals surface area (Å²) in [5, 5.41) is 3.59. The Hall–Kier alpha value is -3.17. The van der Waals surface area contributed by atoms with Gasteiger partial charge < -0.3 is 10.2 Å². The summed E-state index contributed by atoms with van der Waals surface area (Å²) >= 11 is 1.79. The lowest BCUT2D eigenvalue weighted by molar-refractivity contribution is 1.22. The van der Waals surface area contributed by atoms with Crippen LogP contribution in [0.4, 0.5) is 28.4 Å². The molecule has 4 aromatic carbocycles. The second-order valence-electron chi connectivity index (χ2n) is 6.41. The number of fused-ring (bicyclic) bond motifs is 4. The summed E-state index contributed by atoms with van der Waals surface area (Å²) in [4.78, 5) is 4.76. The van der Waals surface area contributed by atoms with E-state index in [1.54, 1.807) is 11.8 Å². The monoisotopic (exact) mass is 366 g/mol. The van der Waals surface area contributed by atoms with Crippen LogP contribution in [0.2, 0.25) is 0 Å². The van der Waals surface area contributed by atoms with Crippen molar-refractivity contribution < 1.29 is 0 Å². The maximum Gasteiger partial charge on any atom is 0.0601 e. The molecule has 5 rings (SSSR count). The van der Waals surface area contributed by atoms with Crippen molar-refractivity contribution in [1.29, 1.82) is 0 Å². The van der Waals surface area contributed by atoms with Gasteiger partial charge in [-0.1, -0.05) is 60.3 Å². The van der Waals surface area contributed by atoms with E-state index in [-0.39, 0.29) is 0 Å². The highest BCUT2D eigenvalue weighted by Gasteiger charge is 2.18. The molecule has 0 spiro atoms. The van der Waals surface area contributed by atoms with Crippen LogP contribution >= 0.6 is 11.8 Å². The van der Waals surface area contributed by atoms with Crippen LogP contribution in [0.1, 0.15) is 0 Å². The molecule has 1 aliphatic heterocycles. The minimum Gasteiger partial charge on any atom is -0.355 e. The van der Waals surface area contributed by atoms with E-state index in [1.807, 2.05) is 0 Å². The van der Waals surface area contributed by atoms with E-state index in [0.717, 1.165) is 22.7 Å². The van der Waals surface area contributed by atoms with Crippen molar-refractivity contribution in [3.05, 3.63) is 103 Å². The average molecular weight is 366 g/mol. The molecule has 0 radical (unpaired) electrons. The van der Waals surface area contributed by atoms with E-state index in [9.17, 15) is 0 Å². The van der Waals surface area contributed by atoms with Crippen molar-refractivity contribution in [1.82, 2.24) is 0 Å². The van der Waals surface area contributed by atoms with Gasteiger partial charge in [-0.25, -0.2) is 0 Å². The van der Waals surface area contributed by atoms with Crippen LogP contribution in [-0.4, -0.2) is 0 Å². The van der Waals surface area contributed by atoms with Gasteiger partial charge in [-0.05, 0) is 54.6 Å². The van der Waals surface area contributed by atoms with E-state index >= 15 is 0 Å². The summed E-state index contributed by atoms with van der Waals surface area (Å²) in [7, 11) is 0. The molecule has 0 atom stereocenters. The van der Waals surface area contributed by atoms with Crippen molar-refractivity contribution in [3.63, 3.8) is 0 Å². The van der Waals surface area contributed by atoms with Gasteiger partial charge in [-0.2, -0.15) is 0 Å². The third kappa shape index (κ3) is 3.07. The molecule has 1 N–H and O–H groups in total. The molecule has 0 saturated heterocycles. The molecule has 2 bridgehead atoms. The van der Waals surface area contributed by atoms with Crippen LogP contribution in [0.5, 0.6) is 0 Å². The molecular weight excluding hydrogens is 348 g/mol. The highest BCUT2D eigenvalue weighted by atomic mass is 32.2. The maximum atomic E-state index is 3.59. The van der Waals surface area contributed by atoms with Crippen LogP contribution in [0.3, 0.4) is 0 Å². The highest BCUT2D eigenvalue weighted by molar-refractivity contribution is 7.99. The van der Waals surface area contributed by atoms with Gasteiger partial charge in [0.2, 0.25) is 0 Å². The molecule has 0 aromatic heterocycles. The quantitative estimate of drug-likeness (QED) is 0.333. The number of hydrogen-bond donors (Lipinski definition) is 1. The Bertz CT molecular complexity index is 1090. The molecule has 3 heteroatoms. The zero-order valence-corrected chi connectivity index (χ0v) is 15.5. The molecule has 0 aliphatic carbocycles. The first-order valence-electron chi connectivity index (χ1n) is 8.97. The first-order valence-corrected chi connectivity index (χ1v) is 9.78. The summed E-state index contributed by atoms with van der Waals surface area (Å²) in [5.41, 5.74) is 5.68.